The van der Waals surface area contributed by atoms with Gasteiger partial charge in [-0.2, -0.15) is 17.6 Å². The number of aromatic nitrogens is 2. The van der Waals surface area contributed by atoms with E-state index in [1.807, 2.05) is 11.8 Å². The zero-order valence-electron chi connectivity index (χ0n) is 19.0. The molecule has 0 saturated carbocycles. The van der Waals surface area contributed by atoms with E-state index >= 15 is 0 Å². The molecule has 0 spiro atoms. The smallest absolute Gasteiger partial charge is 0.416 e. The molecule has 2 aliphatic heterocycles. The molecular formula is C23H23F4N6O2+. The number of piperazine rings is 1. The Morgan fingerprint density at radius 1 is 1.26 bits per heavy atom. The highest BCUT2D eigenvalue weighted by atomic mass is 19.4. The number of hydrogen-bond acceptors (Lipinski definition) is 4. The zero-order chi connectivity index (χ0) is 25.3. The fourth-order valence-corrected chi connectivity index (χ4v) is 3.85. The zero-order valence-corrected chi connectivity index (χ0v) is 19.0. The Morgan fingerprint density at radius 2 is 1.97 bits per heavy atom. The number of carboxylic acids is 1. The highest BCUT2D eigenvalue weighted by Crippen LogP contribution is 2.31. The lowest BCUT2D eigenvalue weighted by molar-refractivity contribution is -0.137. The third-order valence-electron chi connectivity index (χ3n) is 5.75. The number of amidine groups is 2. The average Bonchev–Trinajstić information content (AvgIpc) is 3.39. The summed E-state index contributed by atoms with van der Waals surface area (Å²) < 4.78 is 57.2. The number of aliphatic imine (C=N–C) groups is 1. The van der Waals surface area contributed by atoms with E-state index in [2.05, 4.69) is 19.6 Å². The first-order valence-corrected chi connectivity index (χ1v) is 10.8. The molecule has 2 aliphatic rings. The predicted octanol–water partition coefficient (Wildman–Crippen LogP) is 3.23. The molecule has 1 aromatic heterocycles. The van der Waals surface area contributed by atoms with Crippen LogP contribution in [0.5, 0.6) is 0 Å². The molecular weight excluding hydrogens is 468 g/mol. The van der Waals surface area contributed by atoms with Crippen LogP contribution in [0.4, 0.5) is 17.6 Å². The van der Waals surface area contributed by atoms with Crippen LogP contribution in [-0.4, -0.2) is 74.4 Å². The minimum atomic E-state index is -4.43. The van der Waals surface area contributed by atoms with Crippen molar-refractivity contribution in [2.75, 3.05) is 26.2 Å². The topological polar surface area (TPSA) is 98.9 Å². The fourth-order valence-electron chi connectivity index (χ4n) is 3.85. The van der Waals surface area contributed by atoms with Crippen LogP contribution >= 0.6 is 0 Å². The third-order valence-corrected chi connectivity index (χ3v) is 5.75. The number of hydrogen-bond donors (Lipinski definition) is 2. The molecule has 12 heteroatoms. The molecule has 0 atom stereocenters. The van der Waals surface area contributed by atoms with Crippen LogP contribution in [0.25, 0.3) is 16.6 Å². The number of carbonyl (C=O) groups is 1. The fraction of sp³-hybridized carbons (Fsp3) is 0.348. The maximum Gasteiger partial charge on any atom is 0.416 e. The van der Waals surface area contributed by atoms with Crippen molar-refractivity contribution in [2.45, 2.75) is 26.4 Å². The minimum Gasteiger partial charge on any atom is -0.481 e. The van der Waals surface area contributed by atoms with Gasteiger partial charge in [-0.1, -0.05) is 0 Å². The Morgan fingerprint density at radius 3 is 2.63 bits per heavy atom. The van der Waals surface area contributed by atoms with Gasteiger partial charge in [0.1, 0.15) is 31.2 Å². The highest BCUT2D eigenvalue weighted by Gasteiger charge is 2.35. The molecule has 0 unspecified atom stereocenters. The molecule has 0 radical (unpaired) electrons. The number of allylic oxidation sites excluding steroid dienone is 2. The second kappa shape index (κ2) is 9.38. The maximum absolute atomic E-state index is 14.2. The van der Waals surface area contributed by atoms with Gasteiger partial charge < -0.3 is 15.0 Å². The summed E-state index contributed by atoms with van der Waals surface area (Å²) in [5, 5.41) is 8.87. The number of fused-ring (bicyclic) bond motifs is 1. The van der Waals surface area contributed by atoms with Crippen LogP contribution in [0, 0.1) is 0 Å². The van der Waals surface area contributed by atoms with E-state index < -0.39 is 23.5 Å². The number of benzene rings is 1. The van der Waals surface area contributed by atoms with Gasteiger partial charge in [-0.05, 0) is 32.0 Å². The Balaban J connectivity index is 1.41. The van der Waals surface area contributed by atoms with Gasteiger partial charge in [0.15, 0.2) is 0 Å². The largest absolute Gasteiger partial charge is 0.481 e. The summed E-state index contributed by atoms with van der Waals surface area (Å²) in [6, 6.07) is 3.36. The number of halogens is 4. The number of imidazole rings is 1. The first-order chi connectivity index (χ1) is 16.5. The van der Waals surface area contributed by atoms with E-state index in [-0.39, 0.29) is 18.0 Å². The van der Waals surface area contributed by atoms with Gasteiger partial charge in [0.25, 0.3) is 0 Å². The second-order valence-corrected chi connectivity index (χ2v) is 8.27. The van der Waals surface area contributed by atoms with Crippen molar-refractivity contribution in [2.24, 2.45) is 4.99 Å². The number of nitrogens with zero attached hydrogens (tertiary/aromatic N) is 5. The molecule has 35 heavy (non-hydrogen) atoms. The summed E-state index contributed by atoms with van der Waals surface area (Å²) in [5.74, 6) is -0.294. The van der Waals surface area contributed by atoms with E-state index in [1.165, 1.54) is 6.07 Å². The van der Waals surface area contributed by atoms with Crippen molar-refractivity contribution in [3.8, 4) is 0 Å². The van der Waals surface area contributed by atoms with Crippen molar-refractivity contribution in [1.82, 2.24) is 24.4 Å². The van der Waals surface area contributed by atoms with Crippen LogP contribution in [0.2, 0.25) is 0 Å². The normalized spacial score (nSPS) is 17.6. The summed E-state index contributed by atoms with van der Waals surface area (Å²) in [5.41, 5.74) is 0.814. The van der Waals surface area contributed by atoms with Gasteiger partial charge in [-0.3, -0.25) is 4.79 Å². The molecule has 0 aliphatic carbocycles. The van der Waals surface area contributed by atoms with Crippen molar-refractivity contribution >= 4 is 40.0 Å². The summed E-state index contributed by atoms with van der Waals surface area (Å²) in [7, 11) is 0. The van der Waals surface area contributed by atoms with E-state index in [0.717, 1.165) is 24.0 Å². The number of nitrogens with one attached hydrogen (secondary N) is 1. The molecule has 8 nitrogen and oxygen atoms in total. The van der Waals surface area contributed by atoms with Gasteiger partial charge in [-0.25, -0.2) is 19.5 Å². The number of alkyl halides is 3. The second-order valence-electron chi connectivity index (χ2n) is 8.27. The van der Waals surface area contributed by atoms with E-state index in [1.54, 1.807) is 18.0 Å². The Hall–Kier alpha value is -3.92. The molecule has 4 rings (SSSR count). The SMILES string of the molecule is CC(=N/C=C(\C)c1nc2ccc(C(F)(F)F)cc2[nH]1)N1CCN(C2=[N+]=C(CC(=O)O)C=C2F)CC1. The molecule has 1 fully saturated rings. The molecule has 0 amide bonds. The van der Waals surface area contributed by atoms with Crippen LogP contribution in [-0.2, 0) is 11.0 Å². The van der Waals surface area contributed by atoms with E-state index in [0.29, 0.717) is 48.6 Å². The standard InChI is InChI=1S/C23H22F4N6O2/c1-13(21-30-18-4-3-15(23(25,26)27)9-19(18)31-21)12-28-14(2)32-5-7-33(8-6-32)22-17(24)10-16(29-22)11-20(34)35/h3-4,9-10,12H,5-8,11H2,1-2H3,(H-,30,31,34,35)/p+1/b13-12+,28-14?. The summed E-state index contributed by atoms with van der Waals surface area (Å²) in [4.78, 5) is 26.3. The third kappa shape index (κ3) is 5.43. The number of rotatable bonds is 4. The van der Waals surface area contributed by atoms with Crippen molar-refractivity contribution in [1.29, 1.82) is 0 Å². The number of H-pyrrole nitrogens is 1. The molecule has 1 saturated heterocycles. The molecule has 2 N–H and O–H groups in total. The Kier molecular flexibility index (Phi) is 6.49. The molecule has 2 aromatic rings. The number of aliphatic carboxylic acids is 1. The Labute approximate surface area is 197 Å². The van der Waals surface area contributed by atoms with E-state index in [9.17, 15) is 22.4 Å². The minimum absolute atomic E-state index is 0.157. The monoisotopic (exact) mass is 491 g/mol. The van der Waals surface area contributed by atoms with Gasteiger partial charge in [-0.15, -0.1) is 0 Å². The van der Waals surface area contributed by atoms with Crippen LogP contribution in [0.3, 0.4) is 0 Å². The molecule has 0 bridgehead atoms. The molecule has 3 heterocycles. The summed E-state index contributed by atoms with van der Waals surface area (Å²) >= 11 is 0. The number of aromatic amines is 1. The van der Waals surface area contributed by atoms with Gasteiger partial charge >= 0.3 is 18.0 Å². The average molecular weight is 491 g/mol. The number of carboxylic acid groups (broad SMARTS) is 1. The predicted molar refractivity (Wildman–Crippen MR) is 125 cm³/mol. The quantitative estimate of drug-likeness (QED) is 0.296. The molecule has 184 valence electrons. The lowest BCUT2D eigenvalue weighted by atomic mass is 10.2. The summed E-state index contributed by atoms with van der Waals surface area (Å²) in [6.07, 6.45) is -2.01. The van der Waals surface area contributed by atoms with Crippen LogP contribution < -0.4 is 4.67 Å². The van der Waals surface area contributed by atoms with Crippen molar-refractivity contribution in [3.05, 3.63) is 47.7 Å². The van der Waals surface area contributed by atoms with Crippen molar-refractivity contribution < 1.29 is 27.5 Å². The lowest BCUT2D eigenvalue weighted by Gasteiger charge is -2.31. The highest BCUT2D eigenvalue weighted by molar-refractivity contribution is 6.15. The van der Waals surface area contributed by atoms with E-state index in [4.69, 9.17) is 5.11 Å². The first-order valence-electron chi connectivity index (χ1n) is 10.8. The van der Waals surface area contributed by atoms with Crippen LogP contribution in [0.1, 0.15) is 31.7 Å². The lowest BCUT2D eigenvalue weighted by Crippen LogP contribution is -2.50. The van der Waals surface area contributed by atoms with Gasteiger partial charge in [0.05, 0.1) is 29.7 Å². The van der Waals surface area contributed by atoms with Crippen LogP contribution in [0.15, 0.2) is 41.3 Å². The molecule has 1 aromatic carbocycles. The van der Waals surface area contributed by atoms with Gasteiger partial charge in [0, 0.05) is 17.8 Å². The van der Waals surface area contributed by atoms with Gasteiger partial charge in [0.2, 0.25) is 11.5 Å². The van der Waals surface area contributed by atoms with Crippen molar-refractivity contribution in [3.63, 3.8) is 0 Å². The Bertz CT molecular complexity index is 1320. The maximum atomic E-state index is 14.2. The first kappa shape index (κ1) is 24.2. The summed E-state index contributed by atoms with van der Waals surface area (Å²) in [6.45, 7) is 5.69.